The van der Waals surface area contributed by atoms with Crippen LogP contribution in [0.4, 0.5) is 13.2 Å². The number of rotatable bonds is 5. The SMILES string of the molecule is O=C(CCN1CCN(C(=O)c2ccc(C(F)(F)F)cc2)CC1)c1ccccc1. The molecule has 0 unspecified atom stereocenters. The Balaban J connectivity index is 1.48. The lowest BCUT2D eigenvalue weighted by atomic mass is 10.1. The van der Waals surface area contributed by atoms with Gasteiger partial charge in [0.2, 0.25) is 0 Å². The Kier molecular flexibility index (Phi) is 6.14. The minimum Gasteiger partial charge on any atom is -0.336 e. The molecule has 0 atom stereocenters. The molecule has 1 heterocycles. The van der Waals surface area contributed by atoms with Gasteiger partial charge in [0.15, 0.2) is 5.78 Å². The minimum absolute atomic E-state index is 0.0869. The Labute approximate surface area is 161 Å². The molecular weight excluding hydrogens is 369 g/mol. The van der Waals surface area contributed by atoms with Gasteiger partial charge in [-0.1, -0.05) is 30.3 Å². The van der Waals surface area contributed by atoms with Crippen LogP contribution >= 0.6 is 0 Å². The van der Waals surface area contributed by atoms with Gasteiger partial charge in [-0.3, -0.25) is 14.5 Å². The highest BCUT2D eigenvalue weighted by molar-refractivity contribution is 5.96. The van der Waals surface area contributed by atoms with Crippen molar-refractivity contribution >= 4 is 11.7 Å². The van der Waals surface area contributed by atoms with Gasteiger partial charge < -0.3 is 4.90 Å². The molecule has 3 rings (SSSR count). The van der Waals surface area contributed by atoms with Crippen molar-refractivity contribution in [1.82, 2.24) is 9.80 Å². The summed E-state index contributed by atoms with van der Waals surface area (Å²) in [6.07, 6.45) is -4.00. The quantitative estimate of drug-likeness (QED) is 0.731. The molecule has 1 aliphatic rings. The summed E-state index contributed by atoms with van der Waals surface area (Å²) in [5, 5.41) is 0. The molecule has 1 amide bonds. The average Bonchev–Trinajstić information content (AvgIpc) is 2.72. The molecule has 7 heteroatoms. The Hall–Kier alpha value is -2.67. The van der Waals surface area contributed by atoms with Gasteiger partial charge in [-0.2, -0.15) is 13.2 Å². The molecule has 2 aromatic carbocycles. The van der Waals surface area contributed by atoms with E-state index in [4.69, 9.17) is 0 Å². The third kappa shape index (κ3) is 4.98. The average molecular weight is 390 g/mol. The molecule has 148 valence electrons. The first kappa shape index (κ1) is 20.1. The van der Waals surface area contributed by atoms with E-state index in [-0.39, 0.29) is 17.3 Å². The normalized spacial score (nSPS) is 15.5. The molecule has 0 aromatic heterocycles. The smallest absolute Gasteiger partial charge is 0.336 e. The van der Waals surface area contributed by atoms with E-state index < -0.39 is 11.7 Å². The number of ketones is 1. The summed E-state index contributed by atoms with van der Waals surface area (Å²) in [5.74, 6) is -0.183. The van der Waals surface area contributed by atoms with E-state index in [0.29, 0.717) is 44.7 Å². The Morgan fingerprint density at radius 2 is 1.43 bits per heavy atom. The van der Waals surface area contributed by atoms with Crippen LogP contribution in [0.15, 0.2) is 54.6 Å². The molecule has 1 saturated heterocycles. The molecule has 0 N–H and O–H groups in total. The number of hydrogen-bond donors (Lipinski definition) is 0. The zero-order valence-electron chi connectivity index (χ0n) is 15.3. The van der Waals surface area contributed by atoms with E-state index in [1.807, 2.05) is 18.2 Å². The first-order chi connectivity index (χ1) is 13.3. The van der Waals surface area contributed by atoms with E-state index in [1.165, 1.54) is 12.1 Å². The largest absolute Gasteiger partial charge is 0.416 e. The number of Topliss-reactive ketones (excluding diaryl/α,β-unsaturated/α-hetero) is 1. The van der Waals surface area contributed by atoms with E-state index in [0.717, 1.165) is 12.1 Å². The van der Waals surface area contributed by atoms with Crippen LogP contribution in [0, 0.1) is 0 Å². The zero-order valence-corrected chi connectivity index (χ0v) is 15.3. The van der Waals surface area contributed by atoms with Gasteiger partial charge in [0.25, 0.3) is 5.91 Å². The molecule has 0 saturated carbocycles. The molecule has 1 aliphatic heterocycles. The predicted molar refractivity (Wildman–Crippen MR) is 99.2 cm³/mol. The fourth-order valence-corrected chi connectivity index (χ4v) is 3.19. The second kappa shape index (κ2) is 8.56. The number of halogens is 3. The molecule has 0 spiro atoms. The standard InChI is InChI=1S/C21H21F3N2O2/c22-21(23,24)18-8-6-17(7-9-18)20(28)26-14-12-25(13-15-26)11-10-19(27)16-4-2-1-3-5-16/h1-9H,10-15H2. The lowest BCUT2D eigenvalue weighted by Crippen LogP contribution is -2.49. The number of carbonyl (C=O) groups excluding carboxylic acids is 2. The number of benzene rings is 2. The Morgan fingerprint density at radius 3 is 2.00 bits per heavy atom. The van der Waals surface area contributed by atoms with Crippen LogP contribution in [0.3, 0.4) is 0 Å². The second-order valence-corrected chi connectivity index (χ2v) is 6.75. The molecule has 0 aliphatic carbocycles. The van der Waals surface area contributed by atoms with Crippen molar-refractivity contribution in [3.8, 4) is 0 Å². The summed E-state index contributed by atoms with van der Waals surface area (Å²) < 4.78 is 37.9. The third-order valence-electron chi connectivity index (χ3n) is 4.87. The molecular formula is C21H21F3N2O2. The summed E-state index contributed by atoms with van der Waals surface area (Å²) in [6.45, 7) is 2.86. The van der Waals surface area contributed by atoms with Gasteiger partial charge in [-0.05, 0) is 24.3 Å². The van der Waals surface area contributed by atoms with Crippen LogP contribution < -0.4 is 0 Å². The number of alkyl halides is 3. The van der Waals surface area contributed by atoms with Crippen molar-refractivity contribution in [2.24, 2.45) is 0 Å². The van der Waals surface area contributed by atoms with E-state index in [1.54, 1.807) is 17.0 Å². The van der Waals surface area contributed by atoms with Crippen LogP contribution in [0.1, 0.15) is 32.7 Å². The van der Waals surface area contributed by atoms with Crippen LogP contribution in [0.2, 0.25) is 0 Å². The summed E-state index contributed by atoms with van der Waals surface area (Å²) in [5.41, 5.74) is 0.177. The summed E-state index contributed by atoms with van der Waals surface area (Å²) in [7, 11) is 0. The highest BCUT2D eigenvalue weighted by Crippen LogP contribution is 2.29. The van der Waals surface area contributed by atoms with Gasteiger partial charge in [0, 0.05) is 50.3 Å². The van der Waals surface area contributed by atoms with Crippen LogP contribution in [0.25, 0.3) is 0 Å². The first-order valence-corrected chi connectivity index (χ1v) is 9.12. The van der Waals surface area contributed by atoms with E-state index >= 15 is 0 Å². The fraction of sp³-hybridized carbons (Fsp3) is 0.333. The maximum Gasteiger partial charge on any atom is 0.416 e. The van der Waals surface area contributed by atoms with Gasteiger partial charge >= 0.3 is 6.18 Å². The number of hydrogen-bond acceptors (Lipinski definition) is 3. The molecule has 4 nitrogen and oxygen atoms in total. The lowest BCUT2D eigenvalue weighted by molar-refractivity contribution is -0.137. The highest BCUT2D eigenvalue weighted by Gasteiger charge is 2.30. The van der Waals surface area contributed by atoms with Crippen molar-refractivity contribution in [2.75, 3.05) is 32.7 Å². The third-order valence-corrected chi connectivity index (χ3v) is 4.87. The van der Waals surface area contributed by atoms with Crippen molar-refractivity contribution in [1.29, 1.82) is 0 Å². The zero-order chi connectivity index (χ0) is 20.1. The van der Waals surface area contributed by atoms with Crippen molar-refractivity contribution in [2.45, 2.75) is 12.6 Å². The van der Waals surface area contributed by atoms with Gasteiger partial charge in [0.05, 0.1) is 5.56 Å². The minimum atomic E-state index is -4.41. The summed E-state index contributed by atoms with van der Waals surface area (Å²) in [4.78, 5) is 28.4. The highest BCUT2D eigenvalue weighted by atomic mass is 19.4. The summed E-state index contributed by atoms with van der Waals surface area (Å²) in [6, 6.07) is 13.4. The number of carbonyl (C=O) groups is 2. The van der Waals surface area contributed by atoms with Gasteiger partial charge in [-0.15, -0.1) is 0 Å². The fourth-order valence-electron chi connectivity index (χ4n) is 3.19. The van der Waals surface area contributed by atoms with Crippen LogP contribution in [-0.4, -0.2) is 54.2 Å². The second-order valence-electron chi connectivity index (χ2n) is 6.75. The monoisotopic (exact) mass is 390 g/mol. The predicted octanol–water partition coefficient (Wildman–Crippen LogP) is 3.74. The number of amides is 1. The van der Waals surface area contributed by atoms with Crippen LogP contribution in [-0.2, 0) is 6.18 Å². The Bertz CT molecular complexity index is 812. The molecule has 0 bridgehead atoms. The topological polar surface area (TPSA) is 40.6 Å². The van der Waals surface area contributed by atoms with Gasteiger partial charge in [-0.25, -0.2) is 0 Å². The van der Waals surface area contributed by atoms with Gasteiger partial charge in [0.1, 0.15) is 0 Å². The molecule has 2 aromatic rings. The Morgan fingerprint density at radius 1 is 0.821 bits per heavy atom. The van der Waals surface area contributed by atoms with Crippen molar-refractivity contribution < 1.29 is 22.8 Å². The maximum atomic E-state index is 12.6. The van der Waals surface area contributed by atoms with E-state index in [9.17, 15) is 22.8 Å². The number of nitrogens with zero attached hydrogens (tertiary/aromatic N) is 2. The van der Waals surface area contributed by atoms with E-state index in [2.05, 4.69) is 4.90 Å². The van der Waals surface area contributed by atoms with Crippen molar-refractivity contribution in [3.05, 3.63) is 71.3 Å². The van der Waals surface area contributed by atoms with Crippen LogP contribution in [0.5, 0.6) is 0 Å². The van der Waals surface area contributed by atoms with Crippen molar-refractivity contribution in [3.63, 3.8) is 0 Å². The lowest BCUT2D eigenvalue weighted by Gasteiger charge is -2.34. The maximum absolute atomic E-state index is 12.6. The molecule has 0 radical (unpaired) electrons. The molecule has 1 fully saturated rings. The molecule has 28 heavy (non-hydrogen) atoms. The summed E-state index contributed by atoms with van der Waals surface area (Å²) >= 11 is 0. The first-order valence-electron chi connectivity index (χ1n) is 9.12. The number of piperazine rings is 1.